The van der Waals surface area contributed by atoms with Crippen molar-refractivity contribution in [3.05, 3.63) is 78.1 Å². The summed E-state index contributed by atoms with van der Waals surface area (Å²) in [5.74, 6) is 1.23. The van der Waals surface area contributed by atoms with Crippen LogP contribution >= 0.6 is 0 Å². The lowest BCUT2D eigenvalue weighted by atomic mass is 9.88. The van der Waals surface area contributed by atoms with Crippen molar-refractivity contribution >= 4 is 33.5 Å². The minimum absolute atomic E-state index is 0.162. The van der Waals surface area contributed by atoms with E-state index >= 15 is 0 Å². The largest absolute Gasteiger partial charge is 0.493 e. The van der Waals surface area contributed by atoms with Gasteiger partial charge in [0.05, 0.1) is 12.0 Å². The van der Waals surface area contributed by atoms with Gasteiger partial charge in [-0.25, -0.2) is 0 Å². The van der Waals surface area contributed by atoms with Gasteiger partial charge in [0, 0.05) is 12.6 Å². The van der Waals surface area contributed by atoms with Crippen LogP contribution in [0.1, 0.15) is 48.2 Å². The minimum atomic E-state index is -0.487. The van der Waals surface area contributed by atoms with Gasteiger partial charge < -0.3 is 19.8 Å². The SMILES string of the molecule is C#C.CC(N)=NC(=O)c1cc2c(OCCCN3CCC(c4ccc5ccccc5c4)CC3)cccc2o1. The molecule has 1 saturated heterocycles. The zero-order valence-electron chi connectivity index (χ0n) is 21.2. The van der Waals surface area contributed by atoms with Gasteiger partial charge in [0.2, 0.25) is 0 Å². The fourth-order valence-electron chi connectivity index (χ4n) is 4.90. The van der Waals surface area contributed by atoms with Crippen molar-refractivity contribution < 1.29 is 13.9 Å². The fourth-order valence-corrected chi connectivity index (χ4v) is 4.90. The van der Waals surface area contributed by atoms with Crippen molar-refractivity contribution in [1.82, 2.24) is 4.90 Å². The van der Waals surface area contributed by atoms with Crippen molar-refractivity contribution in [2.24, 2.45) is 10.7 Å². The summed E-state index contributed by atoms with van der Waals surface area (Å²) in [6.45, 7) is 5.42. The number of carbonyl (C=O) groups is 1. The van der Waals surface area contributed by atoms with Crippen LogP contribution in [-0.4, -0.2) is 42.9 Å². The van der Waals surface area contributed by atoms with Crippen LogP contribution in [0.4, 0.5) is 0 Å². The highest BCUT2D eigenvalue weighted by Crippen LogP contribution is 2.31. The van der Waals surface area contributed by atoms with Crippen molar-refractivity contribution in [2.75, 3.05) is 26.2 Å². The lowest BCUT2D eigenvalue weighted by molar-refractivity contribution is 0.0978. The molecule has 1 amide bonds. The average Bonchev–Trinajstić information content (AvgIpc) is 3.38. The van der Waals surface area contributed by atoms with E-state index in [0.29, 0.717) is 23.9 Å². The fraction of sp³-hybridized carbons (Fsp3) is 0.290. The predicted molar refractivity (Wildman–Crippen MR) is 150 cm³/mol. The van der Waals surface area contributed by atoms with Crippen LogP contribution in [0.15, 0.2) is 76.1 Å². The molecule has 2 heterocycles. The second kappa shape index (κ2) is 12.2. The summed E-state index contributed by atoms with van der Waals surface area (Å²) in [5.41, 5.74) is 7.58. The van der Waals surface area contributed by atoms with Gasteiger partial charge in [-0.3, -0.25) is 4.79 Å². The lowest BCUT2D eigenvalue weighted by Gasteiger charge is -2.32. The molecule has 5 rings (SSSR count). The first-order valence-electron chi connectivity index (χ1n) is 12.6. The van der Waals surface area contributed by atoms with Crippen molar-refractivity contribution in [3.8, 4) is 18.6 Å². The number of aliphatic imine (C=N–C) groups is 1. The van der Waals surface area contributed by atoms with E-state index in [-0.39, 0.29) is 11.6 Å². The minimum Gasteiger partial charge on any atom is -0.493 e. The van der Waals surface area contributed by atoms with Gasteiger partial charge in [0.1, 0.15) is 17.2 Å². The molecule has 0 bridgehead atoms. The molecule has 0 spiro atoms. The number of amides is 1. The summed E-state index contributed by atoms with van der Waals surface area (Å²) < 4.78 is 11.7. The monoisotopic (exact) mass is 495 g/mol. The van der Waals surface area contributed by atoms with Gasteiger partial charge in [-0.1, -0.05) is 48.5 Å². The van der Waals surface area contributed by atoms with E-state index in [0.717, 1.165) is 31.4 Å². The van der Waals surface area contributed by atoms with E-state index in [1.165, 1.54) is 29.2 Å². The molecule has 0 aliphatic carbocycles. The van der Waals surface area contributed by atoms with Crippen molar-refractivity contribution in [1.29, 1.82) is 0 Å². The highest BCUT2D eigenvalue weighted by Gasteiger charge is 2.20. The summed E-state index contributed by atoms with van der Waals surface area (Å²) in [5, 5.41) is 3.41. The number of hydrogen-bond acceptors (Lipinski definition) is 4. The van der Waals surface area contributed by atoms with E-state index in [9.17, 15) is 4.79 Å². The Hall–Kier alpha value is -4.08. The van der Waals surface area contributed by atoms with Crippen molar-refractivity contribution in [3.63, 3.8) is 0 Å². The number of terminal acetylenes is 1. The quantitative estimate of drug-likeness (QED) is 0.147. The standard InChI is InChI=1S/C29H31N3O3.C2H2/c1-20(30)31-29(33)28-19-25-26(8-4-9-27(25)35-28)34-17-5-14-32-15-12-22(13-16-32)24-11-10-21-6-2-3-7-23(21)18-24;1-2/h2-4,6-11,18-19,22H,5,12-17H2,1H3,(H2,30,31,33);1-2H. The number of nitrogens with two attached hydrogens (primary N) is 1. The third kappa shape index (κ3) is 6.38. The van der Waals surface area contributed by atoms with Gasteiger partial charge in [0.25, 0.3) is 0 Å². The van der Waals surface area contributed by atoms with Gasteiger partial charge >= 0.3 is 5.91 Å². The third-order valence-electron chi connectivity index (χ3n) is 6.72. The number of rotatable bonds is 7. The summed E-state index contributed by atoms with van der Waals surface area (Å²) >= 11 is 0. The van der Waals surface area contributed by atoms with Gasteiger partial charge in [-0.05, 0) is 73.7 Å². The number of carbonyl (C=O) groups excluding carboxylic acids is 1. The summed E-state index contributed by atoms with van der Waals surface area (Å²) in [4.78, 5) is 18.4. The van der Waals surface area contributed by atoms with Gasteiger partial charge in [-0.15, -0.1) is 12.8 Å². The Balaban J connectivity index is 0.00000156. The molecule has 0 unspecified atom stereocenters. The molecule has 1 aromatic heterocycles. The number of furan rings is 1. The topological polar surface area (TPSA) is 81.1 Å². The Bertz CT molecular complexity index is 1410. The summed E-state index contributed by atoms with van der Waals surface area (Å²) in [6, 6.07) is 22.8. The number of nitrogens with zero attached hydrogens (tertiary/aromatic N) is 2. The van der Waals surface area contributed by atoms with E-state index in [1.807, 2.05) is 18.2 Å². The lowest BCUT2D eigenvalue weighted by Crippen LogP contribution is -2.34. The molecule has 1 fully saturated rings. The smallest absolute Gasteiger partial charge is 0.314 e. The number of piperidine rings is 1. The summed E-state index contributed by atoms with van der Waals surface area (Å²) in [6.07, 6.45) is 11.3. The first-order chi connectivity index (χ1) is 18.1. The maximum absolute atomic E-state index is 12.1. The molecule has 3 aromatic carbocycles. The number of benzene rings is 3. The zero-order valence-corrected chi connectivity index (χ0v) is 21.2. The predicted octanol–water partition coefficient (Wildman–Crippen LogP) is 6.00. The van der Waals surface area contributed by atoms with E-state index in [2.05, 4.69) is 65.2 Å². The van der Waals surface area contributed by atoms with E-state index < -0.39 is 5.91 Å². The number of hydrogen-bond donors (Lipinski definition) is 1. The third-order valence-corrected chi connectivity index (χ3v) is 6.72. The second-order valence-corrected chi connectivity index (χ2v) is 9.26. The Kier molecular flexibility index (Phi) is 8.60. The maximum Gasteiger partial charge on any atom is 0.314 e. The number of ether oxygens (including phenoxy) is 1. The molecule has 4 aromatic rings. The Morgan fingerprint density at radius 2 is 1.81 bits per heavy atom. The Morgan fingerprint density at radius 3 is 2.57 bits per heavy atom. The normalized spacial score (nSPS) is 14.8. The second-order valence-electron chi connectivity index (χ2n) is 9.26. The molecular formula is C31H33N3O3. The van der Waals surface area contributed by atoms with Crippen LogP contribution in [0, 0.1) is 12.8 Å². The average molecular weight is 496 g/mol. The summed E-state index contributed by atoms with van der Waals surface area (Å²) in [7, 11) is 0. The van der Waals surface area contributed by atoms with Crippen LogP contribution in [0.2, 0.25) is 0 Å². The molecular weight excluding hydrogens is 462 g/mol. The molecule has 6 heteroatoms. The van der Waals surface area contributed by atoms with Crippen molar-refractivity contribution in [2.45, 2.75) is 32.1 Å². The maximum atomic E-state index is 12.1. The first kappa shape index (κ1) is 26.0. The zero-order chi connectivity index (χ0) is 26.2. The first-order valence-corrected chi connectivity index (χ1v) is 12.6. The van der Waals surface area contributed by atoms with Gasteiger partial charge in [0.15, 0.2) is 5.76 Å². The molecule has 0 atom stereocenters. The highest BCUT2D eigenvalue weighted by molar-refractivity contribution is 6.03. The van der Waals surface area contributed by atoms with E-state index in [1.54, 1.807) is 13.0 Å². The molecule has 6 nitrogen and oxygen atoms in total. The van der Waals surface area contributed by atoms with Crippen LogP contribution in [-0.2, 0) is 0 Å². The molecule has 190 valence electrons. The number of likely N-dealkylation sites (tertiary alicyclic amines) is 1. The molecule has 0 radical (unpaired) electrons. The molecule has 0 saturated carbocycles. The van der Waals surface area contributed by atoms with Crippen LogP contribution < -0.4 is 10.5 Å². The number of fused-ring (bicyclic) bond motifs is 2. The molecule has 1 aliphatic heterocycles. The van der Waals surface area contributed by atoms with Crippen LogP contribution in [0.25, 0.3) is 21.7 Å². The Morgan fingerprint density at radius 1 is 1.05 bits per heavy atom. The number of amidine groups is 1. The van der Waals surface area contributed by atoms with Gasteiger partial charge in [-0.2, -0.15) is 4.99 Å². The Labute approximate surface area is 218 Å². The van der Waals surface area contributed by atoms with Crippen LogP contribution in [0.5, 0.6) is 5.75 Å². The van der Waals surface area contributed by atoms with E-state index in [4.69, 9.17) is 14.9 Å². The molecule has 1 aliphatic rings. The van der Waals surface area contributed by atoms with Crippen LogP contribution in [0.3, 0.4) is 0 Å². The highest BCUT2D eigenvalue weighted by atomic mass is 16.5. The molecule has 37 heavy (non-hydrogen) atoms. The molecule has 2 N–H and O–H groups in total.